The Labute approximate surface area is 121 Å². The van der Waals surface area contributed by atoms with Crippen LogP contribution in [0.1, 0.15) is 24.4 Å². The average Bonchev–Trinajstić information content (AvgIpc) is 2.84. The van der Waals surface area contributed by atoms with Crippen LogP contribution in [-0.4, -0.2) is 30.3 Å². The highest BCUT2D eigenvalue weighted by Crippen LogP contribution is 2.26. The Bertz CT molecular complexity index is 685. The van der Waals surface area contributed by atoms with Gasteiger partial charge in [-0.05, 0) is 12.5 Å². The van der Waals surface area contributed by atoms with Crippen LogP contribution in [0.25, 0.3) is 0 Å². The number of methoxy groups -OCH3 is 1. The molecular formula is C12H14ClN3O3S. The van der Waals surface area contributed by atoms with Gasteiger partial charge in [0.25, 0.3) is 14.2 Å². The van der Waals surface area contributed by atoms with E-state index in [9.17, 15) is 8.42 Å². The molecule has 20 heavy (non-hydrogen) atoms. The summed E-state index contributed by atoms with van der Waals surface area (Å²) in [6.07, 6.45) is -0.504. The summed E-state index contributed by atoms with van der Waals surface area (Å²) in [5.41, 5.74) is 0.857. The van der Waals surface area contributed by atoms with Gasteiger partial charge in [-0.25, -0.2) is 8.42 Å². The van der Waals surface area contributed by atoms with Crippen LogP contribution in [-0.2, 0) is 20.3 Å². The zero-order valence-corrected chi connectivity index (χ0v) is 12.6. The molecule has 2 aromatic rings. The topological polar surface area (TPSA) is 74.1 Å². The van der Waals surface area contributed by atoms with Crippen molar-refractivity contribution in [3.63, 3.8) is 0 Å². The van der Waals surface area contributed by atoms with Crippen LogP contribution in [0.5, 0.6) is 0 Å². The van der Waals surface area contributed by atoms with Crippen LogP contribution < -0.4 is 0 Å². The van der Waals surface area contributed by atoms with Crippen molar-refractivity contribution in [3.05, 3.63) is 41.7 Å². The summed E-state index contributed by atoms with van der Waals surface area (Å²) in [5, 5.41) is 7.32. The Kier molecular flexibility index (Phi) is 4.42. The van der Waals surface area contributed by atoms with E-state index >= 15 is 0 Å². The van der Waals surface area contributed by atoms with Gasteiger partial charge in [0.1, 0.15) is 6.10 Å². The minimum absolute atomic E-state index is 0.269. The fraction of sp³-hybridized carbons (Fsp3) is 0.333. The van der Waals surface area contributed by atoms with Gasteiger partial charge >= 0.3 is 0 Å². The molecule has 1 heterocycles. The van der Waals surface area contributed by atoms with Crippen molar-refractivity contribution in [2.45, 2.75) is 24.7 Å². The largest absolute Gasteiger partial charge is 0.369 e. The van der Waals surface area contributed by atoms with Gasteiger partial charge in [-0.2, -0.15) is 0 Å². The molecule has 1 aromatic heterocycles. The van der Waals surface area contributed by atoms with E-state index in [1.54, 1.807) is 6.92 Å². The van der Waals surface area contributed by atoms with E-state index in [4.69, 9.17) is 15.4 Å². The summed E-state index contributed by atoms with van der Waals surface area (Å²) in [5.74, 6) is 0.403. The lowest BCUT2D eigenvalue weighted by Crippen LogP contribution is -2.14. The Morgan fingerprint density at radius 3 is 2.45 bits per heavy atom. The maximum Gasteiger partial charge on any atom is 0.296 e. The third-order valence-electron chi connectivity index (χ3n) is 2.85. The molecule has 0 aliphatic carbocycles. The number of ether oxygens (including phenoxy) is 1. The smallest absolute Gasteiger partial charge is 0.296 e. The third-order valence-corrected chi connectivity index (χ3v) is 4.00. The van der Waals surface area contributed by atoms with Gasteiger partial charge in [0.15, 0.2) is 5.82 Å². The van der Waals surface area contributed by atoms with Crippen molar-refractivity contribution in [1.29, 1.82) is 0 Å². The second-order valence-electron chi connectivity index (χ2n) is 4.05. The zero-order valence-electron chi connectivity index (χ0n) is 11.0. The van der Waals surface area contributed by atoms with Gasteiger partial charge in [0, 0.05) is 24.3 Å². The summed E-state index contributed by atoms with van der Waals surface area (Å²) in [6.45, 7) is 2.16. The van der Waals surface area contributed by atoms with Crippen molar-refractivity contribution >= 4 is 19.7 Å². The number of halogens is 1. The highest BCUT2D eigenvalue weighted by Gasteiger charge is 2.27. The predicted molar refractivity (Wildman–Crippen MR) is 74.0 cm³/mol. The van der Waals surface area contributed by atoms with Gasteiger partial charge in [-0.1, -0.05) is 30.3 Å². The summed E-state index contributed by atoms with van der Waals surface area (Å²) in [4.78, 5) is 0. The number of nitrogens with zero attached hydrogens (tertiary/aromatic N) is 3. The molecule has 0 saturated heterocycles. The molecule has 0 aliphatic heterocycles. The predicted octanol–water partition coefficient (Wildman–Crippen LogP) is 1.96. The molecule has 8 heteroatoms. The fourth-order valence-corrected chi connectivity index (χ4v) is 2.96. The van der Waals surface area contributed by atoms with Crippen LogP contribution in [0.2, 0.25) is 0 Å². The van der Waals surface area contributed by atoms with Crippen LogP contribution >= 0.6 is 10.7 Å². The van der Waals surface area contributed by atoms with Crippen molar-refractivity contribution in [2.24, 2.45) is 0 Å². The Hall–Kier alpha value is -1.44. The maximum atomic E-state index is 11.5. The normalized spacial score (nSPS) is 13.3. The number of hydrogen-bond acceptors (Lipinski definition) is 5. The van der Waals surface area contributed by atoms with Gasteiger partial charge in [0.2, 0.25) is 0 Å². The number of benzene rings is 1. The first kappa shape index (κ1) is 15.0. The summed E-state index contributed by atoms with van der Waals surface area (Å²) >= 11 is 0. The molecule has 2 rings (SSSR count). The molecule has 1 atom stereocenters. The monoisotopic (exact) mass is 315 g/mol. The molecule has 0 saturated carbocycles. The lowest BCUT2D eigenvalue weighted by atomic mass is 10.1. The molecule has 0 spiro atoms. The lowest BCUT2D eigenvalue weighted by molar-refractivity contribution is 0.125. The molecule has 0 bridgehead atoms. The zero-order chi connectivity index (χ0) is 14.8. The van der Waals surface area contributed by atoms with Gasteiger partial charge in [-0.15, -0.1) is 10.2 Å². The lowest BCUT2D eigenvalue weighted by Gasteiger charge is -2.16. The Balaban J connectivity index is 2.54. The summed E-state index contributed by atoms with van der Waals surface area (Å²) in [6, 6.07) is 9.37. The van der Waals surface area contributed by atoms with Gasteiger partial charge in [0.05, 0.1) is 0 Å². The molecule has 0 amide bonds. The second-order valence-corrected chi connectivity index (χ2v) is 6.51. The van der Waals surface area contributed by atoms with Crippen LogP contribution in [0.4, 0.5) is 0 Å². The summed E-state index contributed by atoms with van der Waals surface area (Å²) in [7, 11) is 2.94. The Morgan fingerprint density at radius 1 is 1.30 bits per heavy atom. The number of rotatable bonds is 5. The minimum Gasteiger partial charge on any atom is -0.369 e. The van der Waals surface area contributed by atoms with Crippen molar-refractivity contribution in [2.75, 3.05) is 7.11 Å². The van der Waals surface area contributed by atoms with E-state index < -0.39 is 15.2 Å². The highest BCUT2D eigenvalue weighted by molar-refractivity contribution is 8.13. The van der Waals surface area contributed by atoms with E-state index in [0.29, 0.717) is 12.4 Å². The Morgan fingerprint density at radius 2 is 1.95 bits per heavy atom. The molecule has 0 N–H and O–H groups in total. The molecule has 1 unspecified atom stereocenters. The van der Waals surface area contributed by atoms with Crippen LogP contribution in [0, 0.1) is 0 Å². The molecule has 0 radical (unpaired) electrons. The van der Waals surface area contributed by atoms with E-state index in [0.717, 1.165) is 5.56 Å². The fourth-order valence-electron chi connectivity index (χ4n) is 1.99. The van der Waals surface area contributed by atoms with Crippen LogP contribution in [0.15, 0.2) is 35.5 Å². The minimum atomic E-state index is -3.94. The molecule has 108 valence electrons. The standard InChI is InChI=1S/C12H14ClN3O3S/c1-3-16-11(14-15-12(16)20(13,17)18)10(19-2)9-7-5-4-6-8-9/h4-8,10H,3H2,1-2H3. The first-order valence-corrected chi connectivity index (χ1v) is 8.25. The van der Waals surface area contributed by atoms with E-state index in [-0.39, 0.29) is 5.16 Å². The molecule has 0 aliphatic rings. The third kappa shape index (κ3) is 2.84. The molecule has 0 fully saturated rings. The van der Waals surface area contributed by atoms with Gasteiger partial charge < -0.3 is 4.74 Å². The SMILES string of the molecule is CCn1c(C(OC)c2ccccc2)nnc1S(=O)(=O)Cl. The van der Waals surface area contributed by atoms with E-state index in [1.165, 1.54) is 11.7 Å². The number of hydrogen-bond donors (Lipinski definition) is 0. The van der Waals surface area contributed by atoms with Gasteiger partial charge in [-0.3, -0.25) is 4.57 Å². The van der Waals surface area contributed by atoms with Crippen molar-refractivity contribution < 1.29 is 13.2 Å². The van der Waals surface area contributed by atoms with Crippen molar-refractivity contribution in [1.82, 2.24) is 14.8 Å². The average molecular weight is 316 g/mol. The first-order valence-electron chi connectivity index (χ1n) is 5.94. The maximum absolute atomic E-state index is 11.5. The molecule has 1 aromatic carbocycles. The molecular weight excluding hydrogens is 302 g/mol. The highest BCUT2D eigenvalue weighted by atomic mass is 35.7. The second kappa shape index (κ2) is 5.90. The quantitative estimate of drug-likeness (QED) is 0.789. The molecule has 6 nitrogen and oxygen atoms in total. The first-order chi connectivity index (χ1) is 9.49. The summed E-state index contributed by atoms with van der Waals surface area (Å²) < 4.78 is 29.8. The van der Waals surface area contributed by atoms with E-state index in [1.807, 2.05) is 30.3 Å². The van der Waals surface area contributed by atoms with Crippen LogP contribution in [0.3, 0.4) is 0 Å². The van der Waals surface area contributed by atoms with E-state index in [2.05, 4.69) is 10.2 Å². The number of aromatic nitrogens is 3. The van der Waals surface area contributed by atoms with Crippen molar-refractivity contribution in [3.8, 4) is 0 Å².